The maximum Gasteiger partial charge on any atom is 0.0523 e. The van der Waals surface area contributed by atoms with E-state index in [-0.39, 0.29) is 0 Å². The largest absolute Gasteiger partial charge is 0.382 e. The van der Waals surface area contributed by atoms with Crippen molar-refractivity contribution < 1.29 is 0 Å². The Bertz CT molecular complexity index is 103. The Balaban J connectivity index is 3.74. The van der Waals surface area contributed by atoms with Crippen LogP contribution in [0.4, 0.5) is 0 Å². The van der Waals surface area contributed by atoms with Crippen molar-refractivity contribution in [1.29, 1.82) is 0 Å². The van der Waals surface area contributed by atoms with Gasteiger partial charge in [-0.3, -0.25) is 4.99 Å². The van der Waals surface area contributed by atoms with Crippen molar-refractivity contribution in [1.82, 2.24) is 4.90 Å². The number of hydrogen-bond acceptors (Lipinski definition) is 2. The SMILES string of the molecule is C=N/C(C)=C\N(C)C. The first-order chi connectivity index (χ1) is 3.66. The van der Waals surface area contributed by atoms with E-state index in [1.165, 1.54) is 0 Å². The Morgan fingerprint density at radius 1 is 1.62 bits per heavy atom. The van der Waals surface area contributed by atoms with Gasteiger partial charge in [-0.25, -0.2) is 0 Å². The van der Waals surface area contributed by atoms with E-state index in [0.29, 0.717) is 0 Å². The van der Waals surface area contributed by atoms with Crippen LogP contribution >= 0.6 is 0 Å². The molecule has 0 amide bonds. The van der Waals surface area contributed by atoms with Gasteiger partial charge in [0.25, 0.3) is 0 Å². The molecule has 0 saturated carbocycles. The predicted octanol–water partition coefficient (Wildman–Crippen LogP) is 1.11. The normalized spacial score (nSPS) is 11.1. The summed E-state index contributed by atoms with van der Waals surface area (Å²) in [4.78, 5) is 5.63. The monoisotopic (exact) mass is 112 g/mol. The minimum Gasteiger partial charge on any atom is -0.382 e. The van der Waals surface area contributed by atoms with Crippen molar-refractivity contribution in [3.63, 3.8) is 0 Å². The van der Waals surface area contributed by atoms with Gasteiger partial charge < -0.3 is 4.90 Å². The zero-order valence-corrected chi connectivity index (χ0v) is 5.68. The molecule has 0 aliphatic rings. The van der Waals surface area contributed by atoms with Gasteiger partial charge in [-0.05, 0) is 13.6 Å². The number of hydrogen-bond donors (Lipinski definition) is 0. The van der Waals surface area contributed by atoms with Crippen LogP contribution in [0, 0.1) is 0 Å². The fraction of sp³-hybridized carbons (Fsp3) is 0.500. The summed E-state index contributed by atoms with van der Waals surface area (Å²) in [5.74, 6) is 0. The van der Waals surface area contributed by atoms with Gasteiger partial charge in [0, 0.05) is 20.3 Å². The van der Waals surface area contributed by atoms with Crippen molar-refractivity contribution in [2.75, 3.05) is 14.1 Å². The van der Waals surface area contributed by atoms with E-state index in [1.807, 2.05) is 32.1 Å². The predicted molar refractivity (Wildman–Crippen MR) is 37.0 cm³/mol. The maximum absolute atomic E-state index is 3.70. The van der Waals surface area contributed by atoms with Crippen molar-refractivity contribution in [2.45, 2.75) is 6.92 Å². The van der Waals surface area contributed by atoms with Crippen molar-refractivity contribution in [3.05, 3.63) is 11.9 Å². The Kier molecular flexibility index (Phi) is 2.92. The van der Waals surface area contributed by atoms with Crippen LogP contribution in [0.25, 0.3) is 0 Å². The van der Waals surface area contributed by atoms with E-state index >= 15 is 0 Å². The van der Waals surface area contributed by atoms with Gasteiger partial charge in [0.05, 0.1) is 5.70 Å². The summed E-state index contributed by atoms with van der Waals surface area (Å²) in [6, 6.07) is 0. The minimum atomic E-state index is 0.940. The fourth-order valence-electron chi connectivity index (χ4n) is 0.414. The standard InChI is InChI=1S/C6H12N2/c1-6(7-2)5-8(3)4/h5H,2H2,1,3-4H3/b6-5-. The lowest BCUT2D eigenvalue weighted by Crippen LogP contribution is -2.00. The molecule has 0 saturated heterocycles. The summed E-state index contributed by atoms with van der Waals surface area (Å²) in [7, 11) is 3.91. The van der Waals surface area contributed by atoms with Crippen LogP contribution in [-0.2, 0) is 0 Å². The first-order valence-electron chi connectivity index (χ1n) is 2.48. The lowest BCUT2D eigenvalue weighted by molar-refractivity contribution is 0.557. The van der Waals surface area contributed by atoms with Crippen LogP contribution in [-0.4, -0.2) is 25.7 Å². The third kappa shape index (κ3) is 3.40. The molecule has 0 atom stereocenters. The highest BCUT2D eigenvalue weighted by atomic mass is 15.0. The van der Waals surface area contributed by atoms with Gasteiger partial charge in [0.2, 0.25) is 0 Å². The molecule has 0 aromatic carbocycles. The highest BCUT2D eigenvalue weighted by molar-refractivity contribution is 5.27. The molecular formula is C6H12N2. The zero-order chi connectivity index (χ0) is 6.57. The maximum atomic E-state index is 3.70. The van der Waals surface area contributed by atoms with Crippen molar-refractivity contribution in [2.24, 2.45) is 4.99 Å². The highest BCUT2D eigenvalue weighted by Gasteiger charge is 1.79. The molecule has 0 unspecified atom stereocenters. The molecule has 0 rings (SSSR count). The molecule has 0 aliphatic heterocycles. The number of rotatable bonds is 2. The quantitative estimate of drug-likeness (QED) is 0.488. The molecule has 0 radical (unpaired) electrons. The summed E-state index contributed by atoms with van der Waals surface area (Å²) in [5, 5.41) is 0. The Hall–Kier alpha value is -0.790. The van der Waals surface area contributed by atoms with Crippen molar-refractivity contribution in [3.8, 4) is 0 Å². The molecule has 0 fully saturated rings. The summed E-state index contributed by atoms with van der Waals surface area (Å²) in [5.41, 5.74) is 0.940. The smallest absolute Gasteiger partial charge is 0.0523 e. The molecule has 0 aromatic heterocycles. The van der Waals surface area contributed by atoms with Gasteiger partial charge in [-0.2, -0.15) is 0 Å². The average molecular weight is 112 g/mol. The zero-order valence-electron chi connectivity index (χ0n) is 5.68. The van der Waals surface area contributed by atoms with Crippen LogP contribution in [0.1, 0.15) is 6.92 Å². The molecule has 0 aromatic rings. The van der Waals surface area contributed by atoms with Crippen LogP contribution in [0.15, 0.2) is 16.9 Å². The molecule has 2 nitrogen and oxygen atoms in total. The molecular weight excluding hydrogens is 100 g/mol. The molecule has 0 N–H and O–H groups in total. The molecule has 46 valence electrons. The number of allylic oxidation sites excluding steroid dienone is 1. The lowest BCUT2D eigenvalue weighted by atomic mass is 10.5. The first-order valence-corrected chi connectivity index (χ1v) is 2.48. The number of aliphatic imine (C=N–C) groups is 1. The van der Waals surface area contributed by atoms with E-state index in [2.05, 4.69) is 11.7 Å². The molecule has 2 heteroatoms. The second-order valence-electron chi connectivity index (χ2n) is 1.89. The second kappa shape index (κ2) is 3.24. The van der Waals surface area contributed by atoms with Crippen LogP contribution in [0.5, 0.6) is 0 Å². The van der Waals surface area contributed by atoms with E-state index in [1.54, 1.807) is 0 Å². The van der Waals surface area contributed by atoms with Gasteiger partial charge >= 0.3 is 0 Å². The molecule has 0 aliphatic carbocycles. The van der Waals surface area contributed by atoms with E-state index in [0.717, 1.165) is 5.70 Å². The van der Waals surface area contributed by atoms with Crippen LogP contribution < -0.4 is 0 Å². The van der Waals surface area contributed by atoms with Gasteiger partial charge in [0.15, 0.2) is 0 Å². The molecule has 0 spiro atoms. The van der Waals surface area contributed by atoms with Crippen molar-refractivity contribution >= 4 is 6.72 Å². The fourth-order valence-corrected chi connectivity index (χ4v) is 0.414. The molecule has 0 bridgehead atoms. The summed E-state index contributed by atoms with van der Waals surface area (Å²) in [6.45, 7) is 5.28. The van der Waals surface area contributed by atoms with E-state index < -0.39 is 0 Å². The first kappa shape index (κ1) is 7.21. The topological polar surface area (TPSA) is 15.6 Å². The third-order valence-corrected chi connectivity index (χ3v) is 0.694. The summed E-state index contributed by atoms with van der Waals surface area (Å²) >= 11 is 0. The van der Waals surface area contributed by atoms with Crippen LogP contribution in [0.2, 0.25) is 0 Å². The summed E-state index contributed by atoms with van der Waals surface area (Å²) in [6.07, 6.45) is 1.91. The number of nitrogens with zero attached hydrogens (tertiary/aromatic N) is 2. The van der Waals surface area contributed by atoms with Gasteiger partial charge in [-0.15, -0.1) is 0 Å². The molecule has 8 heavy (non-hydrogen) atoms. The van der Waals surface area contributed by atoms with Crippen LogP contribution in [0.3, 0.4) is 0 Å². The Morgan fingerprint density at radius 3 is 2.25 bits per heavy atom. The second-order valence-corrected chi connectivity index (χ2v) is 1.89. The Labute approximate surface area is 50.5 Å². The average Bonchev–Trinajstić information content (AvgIpc) is 1.65. The van der Waals surface area contributed by atoms with Gasteiger partial charge in [-0.1, -0.05) is 0 Å². The van der Waals surface area contributed by atoms with Gasteiger partial charge in [0.1, 0.15) is 0 Å². The van der Waals surface area contributed by atoms with E-state index in [4.69, 9.17) is 0 Å². The lowest BCUT2D eigenvalue weighted by Gasteiger charge is -2.03. The highest BCUT2D eigenvalue weighted by Crippen LogP contribution is 1.91. The Morgan fingerprint density at radius 2 is 2.12 bits per heavy atom. The minimum absolute atomic E-state index is 0.940. The summed E-state index contributed by atoms with van der Waals surface area (Å²) < 4.78 is 0. The molecule has 0 heterocycles. The van der Waals surface area contributed by atoms with E-state index in [9.17, 15) is 0 Å². The third-order valence-electron chi connectivity index (χ3n) is 0.694.